The SMILES string of the molecule is OCC1CCNC1c1ccccc1. The van der Waals surface area contributed by atoms with Crippen molar-refractivity contribution >= 4 is 0 Å². The summed E-state index contributed by atoms with van der Waals surface area (Å²) in [7, 11) is 0. The van der Waals surface area contributed by atoms with E-state index >= 15 is 0 Å². The molecular weight excluding hydrogens is 162 g/mol. The van der Waals surface area contributed by atoms with Crippen LogP contribution in [0.1, 0.15) is 18.0 Å². The molecule has 1 heterocycles. The fraction of sp³-hybridized carbons (Fsp3) is 0.455. The van der Waals surface area contributed by atoms with Gasteiger partial charge < -0.3 is 10.4 Å². The zero-order chi connectivity index (χ0) is 9.10. The van der Waals surface area contributed by atoms with Gasteiger partial charge in [0.15, 0.2) is 0 Å². The van der Waals surface area contributed by atoms with E-state index in [1.54, 1.807) is 0 Å². The first kappa shape index (κ1) is 8.73. The molecule has 0 amide bonds. The third kappa shape index (κ3) is 1.74. The molecule has 1 fully saturated rings. The third-order valence-electron chi connectivity index (χ3n) is 2.74. The molecule has 0 saturated carbocycles. The average Bonchev–Trinajstić information content (AvgIpc) is 2.67. The molecule has 0 aliphatic carbocycles. The molecular formula is C11H15NO. The van der Waals surface area contributed by atoms with Gasteiger partial charge in [0.1, 0.15) is 0 Å². The normalized spacial score (nSPS) is 27.8. The van der Waals surface area contributed by atoms with Crippen LogP contribution in [0.25, 0.3) is 0 Å². The van der Waals surface area contributed by atoms with Crippen LogP contribution in [0.5, 0.6) is 0 Å². The van der Waals surface area contributed by atoms with Crippen molar-refractivity contribution in [2.45, 2.75) is 12.5 Å². The Morgan fingerprint density at radius 1 is 1.31 bits per heavy atom. The van der Waals surface area contributed by atoms with Crippen LogP contribution < -0.4 is 5.32 Å². The molecule has 0 aromatic heterocycles. The van der Waals surface area contributed by atoms with Crippen LogP contribution >= 0.6 is 0 Å². The fourth-order valence-electron chi connectivity index (χ4n) is 2.00. The Morgan fingerprint density at radius 3 is 2.77 bits per heavy atom. The summed E-state index contributed by atoms with van der Waals surface area (Å²) in [5, 5.41) is 12.6. The van der Waals surface area contributed by atoms with Gasteiger partial charge in [-0.15, -0.1) is 0 Å². The van der Waals surface area contributed by atoms with E-state index in [9.17, 15) is 0 Å². The largest absolute Gasteiger partial charge is 0.396 e. The Kier molecular flexibility index (Phi) is 2.62. The predicted octanol–water partition coefficient (Wildman–Crippen LogP) is 1.33. The molecule has 1 aliphatic heterocycles. The van der Waals surface area contributed by atoms with Crippen LogP contribution in [-0.4, -0.2) is 18.3 Å². The molecule has 2 heteroatoms. The van der Waals surface area contributed by atoms with Gasteiger partial charge in [0.2, 0.25) is 0 Å². The minimum Gasteiger partial charge on any atom is -0.396 e. The summed E-state index contributed by atoms with van der Waals surface area (Å²) in [6.07, 6.45) is 1.08. The maximum absolute atomic E-state index is 9.16. The molecule has 1 saturated heterocycles. The summed E-state index contributed by atoms with van der Waals surface area (Å²) in [4.78, 5) is 0. The Morgan fingerprint density at radius 2 is 2.08 bits per heavy atom. The van der Waals surface area contributed by atoms with Crippen LogP contribution in [0, 0.1) is 5.92 Å². The van der Waals surface area contributed by atoms with E-state index in [1.807, 2.05) is 18.2 Å². The molecule has 1 aromatic rings. The molecule has 0 bridgehead atoms. The molecule has 0 radical (unpaired) electrons. The quantitative estimate of drug-likeness (QED) is 0.714. The van der Waals surface area contributed by atoms with Crippen molar-refractivity contribution in [2.24, 2.45) is 5.92 Å². The lowest BCUT2D eigenvalue weighted by atomic mass is 9.95. The van der Waals surface area contributed by atoms with E-state index in [0.29, 0.717) is 12.0 Å². The van der Waals surface area contributed by atoms with Gasteiger partial charge in [-0.1, -0.05) is 30.3 Å². The maximum Gasteiger partial charge on any atom is 0.0477 e. The number of rotatable bonds is 2. The summed E-state index contributed by atoms with van der Waals surface area (Å²) < 4.78 is 0. The first-order valence-electron chi connectivity index (χ1n) is 4.81. The van der Waals surface area contributed by atoms with Gasteiger partial charge in [0, 0.05) is 18.6 Å². The number of nitrogens with one attached hydrogen (secondary N) is 1. The number of hydrogen-bond donors (Lipinski definition) is 2. The summed E-state index contributed by atoms with van der Waals surface area (Å²) in [5.41, 5.74) is 1.29. The second-order valence-corrected chi connectivity index (χ2v) is 3.57. The van der Waals surface area contributed by atoms with E-state index in [1.165, 1.54) is 5.56 Å². The maximum atomic E-state index is 9.16. The third-order valence-corrected chi connectivity index (χ3v) is 2.74. The Hall–Kier alpha value is -0.860. The van der Waals surface area contributed by atoms with Crippen molar-refractivity contribution < 1.29 is 5.11 Å². The Balaban J connectivity index is 2.16. The van der Waals surface area contributed by atoms with Crippen molar-refractivity contribution in [1.82, 2.24) is 5.32 Å². The van der Waals surface area contributed by atoms with Crippen molar-refractivity contribution in [2.75, 3.05) is 13.2 Å². The molecule has 2 atom stereocenters. The first-order chi connectivity index (χ1) is 6.42. The Labute approximate surface area is 78.6 Å². The fourth-order valence-corrected chi connectivity index (χ4v) is 2.00. The standard InChI is InChI=1S/C11H15NO/c13-8-10-6-7-12-11(10)9-4-2-1-3-5-9/h1-5,10-13H,6-8H2. The monoisotopic (exact) mass is 177 g/mol. The van der Waals surface area contributed by atoms with Crippen LogP contribution in [0.15, 0.2) is 30.3 Å². The minimum atomic E-state index is 0.284. The van der Waals surface area contributed by atoms with E-state index in [2.05, 4.69) is 17.4 Å². The number of hydrogen-bond acceptors (Lipinski definition) is 2. The minimum absolute atomic E-state index is 0.284. The van der Waals surface area contributed by atoms with Gasteiger partial charge in [0.25, 0.3) is 0 Å². The van der Waals surface area contributed by atoms with Gasteiger partial charge in [-0.2, -0.15) is 0 Å². The van der Waals surface area contributed by atoms with Gasteiger partial charge in [-0.25, -0.2) is 0 Å². The molecule has 2 unspecified atom stereocenters. The smallest absolute Gasteiger partial charge is 0.0477 e. The van der Waals surface area contributed by atoms with Gasteiger partial charge >= 0.3 is 0 Å². The molecule has 70 valence electrons. The lowest BCUT2D eigenvalue weighted by Crippen LogP contribution is -2.19. The van der Waals surface area contributed by atoms with Crippen LogP contribution in [0.2, 0.25) is 0 Å². The first-order valence-corrected chi connectivity index (χ1v) is 4.81. The van der Waals surface area contributed by atoms with Crippen molar-refractivity contribution in [1.29, 1.82) is 0 Å². The lowest BCUT2D eigenvalue weighted by Gasteiger charge is -2.17. The number of aliphatic hydroxyl groups is 1. The van der Waals surface area contributed by atoms with Crippen LogP contribution in [-0.2, 0) is 0 Å². The molecule has 0 spiro atoms. The number of benzene rings is 1. The van der Waals surface area contributed by atoms with Gasteiger partial charge in [-0.05, 0) is 18.5 Å². The zero-order valence-corrected chi connectivity index (χ0v) is 7.61. The summed E-state index contributed by atoms with van der Waals surface area (Å²) in [5.74, 6) is 0.391. The van der Waals surface area contributed by atoms with Crippen LogP contribution in [0.3, 0.4) is 0 Å². The topological polar surface area (TPSA) is 32.3 Å². The second kappa shape index (κ2) is 3.90. The van der Waals surface area contributed by atoms with E-state index in [4.69, 9.17) is 5.11 Å². The van der Waals surface area contributed by atoms with E-state index < -0.39 is 0 Å². The zero-order valence-electron chi connectivity index (χ0n) is 7.61. The highest BCUT2D eigenvalue weighted by molar-refractivity contribution is 5.20. The average molecular weight is 177 g/mol. The van der Waals surface area contributed by atoms with E-state index in [-0.39, 0.29) is 6.61 Å². The van der Waals surface area contributed by atoms with Crippen molar-refractivity contribution in [3.05, 3.63) is 35.9 Å². The molecule has 2 rings (SSSR count). The highest BCUT2D eigenvalue weighted by Crippen LogP contribution is 2.28. The van der Waals surface area contributed by atoms with Crippen molar-refractivity contribution in [3.8, 4) is 0 Å². The molecule has 2 N–H and O–H groups in total. The summed E-state index contributed by atoms with van der Waals surface area (Å²) in [6.45, 7) is 1.30. The van der Waals surface area contributed by atoms with Crippen molar-refractivity contribution in [3.63, 3.8) is 0 Å². The molecule has 1 aromatic carbocycles. The summed E-state index contributed by atoms with van der Waals surface area (Å²) >= 11 is 0. The molecule has 1 aliphatic rings. The molecule has 13 heavy (non-hydrogen) atoms. The highest BCUT2D eigenvalue weighted by Gasteiger charge is 2.26. The second-order valence-electron chi connectivity index (χ2n) is 3.57. The predicted molar refractivity (Wildman–Crippen MR) is 52.4 cm³/mol. The lowest BCUT2D eigenvalue weighted by molar-refractivity contribution is 0.214. The highest BCUT2D eigenvalue weighted by atomic mass is 16.3. The van der Waals surface area contributed by atoms with Gasteiger partial charge in [0.05, 0.1) is 0 Å². The Bertz CT molecular complexity index is 260. The number of aliphatic hydroxyl groups excluding tert-OH is 1. The van der Waals surface area contributed by atoms with Gasteiger partial charge in [-0.3, -0.25) is 0 Å². The van der Waals surface area contributed by atoms with E-state index in [0.717, 1.165) is 13.0 Å². The van der Waals surface area contributed by atoms with Crippen LogP contribution in [0.4, 0.5) is 0 Å². The summed E-state index contributed by atoms with van der Waals surface area (Å²) in [6, 6.07) is 10.7. The molecule has 2 nitrogen and oxygen atoms in total.